The average Bonchev–Trinajstić information content (AvgIpc) is 2.40. The SMILES string of the molecule is CCNC(=O)C1(c2ccc(Cl)cc2)CCCCC1. The van der Waals surface area contributed by atoms with Crippen LogP contribution in [0.5, 0.6) is 0 Å². The summed E-state index contributed by atoms with van der Waals surface area (Å²) in [7, 11) is 0. The summed E-state index contributed by atoms with van der Waals surface area (Å²) in [6.07, 6.45) is 5.37. The number of hydrogen-bond donors (Lipinski definition) is 1. The normalized spacial score (nSPS) is 18.3. The van der Waals surface area contributed by atoms with Gasteiger partial charge < -0.3 is 5.32 Å². The zero-order chi connectivity index (χ0) is 13.0. The van der Waals surface area contributed by atoms with Crippen LogP contribution < -0.4 is 5.32 Å². The van der Waals surface area contributed by atoms with Crippen LogP contribution in [0.4, 0.5) is 0 Å². The summed E-state index contributed by atoms with van der Waals surface area (Å²) in [5.41, 5.74) is 0.774. The molecule has 1 saturated carbocycles. The standard InChI is InChI=1S/C15H20ClNO/c1-2-17-14(18)15(10-4-3-5-11-15)12-6-8-13(16)9-7-12/h6-9H,2-5,10-11H2,1H3,(H,17,18). The lowest BCUT2D eigenvalue weighted by molar-refractivity contribution is -0.127. The summed E-state index contributed by atoms with van der Waals surface area (Å²) >= 11 is 5.94. The Hall–Kier alpha value is -1.02. The van der Waals surface area contributed by atoms with Gasteiger partial charge in [0.2, 0.25) is 5.91 Å². The van der Waals surface area contributed by atoms with Crippen LogP contribution in [-0.2, 0) is 10.2 Å². The first-order chi connectivity index (χ1) is 8.69. The predicted molar refractivity (Wildman–Crippen MR) is 74.9 cm³/mol. The summed E-state index contributed by atoms with van der Waals surface area (Å²) in [6.45, 7) is 2.66. The van der Waals surface area contributed by atoms with Crippen LogP contribution in [0.2, 0.25) is 5.02 Å². The van der Waals surface area contributed by atoms with Gasteiger partial charge in [-0.25, -0.2) is 0 Å². The number of likely N-dealkylation sites (N-methyl/N-ethyl adjacent to an activating group) is 1. The Balaban J connectivity index is 2.34. The van der Waals surface area contributed by atoms with Crippen LogP contribution in [0.15, 0.2) is 24.3 Å². The Morgan fingerprint density at radius 2 is 1.83 bits per heavy atom. The molecule has 0 unspecified atom stereocenters. The third-order valence-corrected chi connectivity index (χ3v) is 4.13. The topological polar surface area (TPSA) is 29.1 Å². The molecule has 0 radical (unpaired) electrons. The minimum atomic E-state index is -0.334. The highest BCUT2D eigenvalue weighted by atomic mass is 35.5. The van der Waals surface area contributed by atoms with Gasteiger partial charge in [0.15, 0.2) is 0 Å². The van der Waals surface area contributed by atoms with E-state index < -0.39 is 0 Å². The first-order valence-electron chi connectivity index (χ1n) is 6.73. The smallest absolute Gasteiger partial charge is 0.230 e. The van der Waals surface area contributed by atoms with Crippen molar-refractivity contribution < 1.29 is 4.79 Å². The number of nitrogens with one attached hydrogen (secondary N) is 1. The van der Waals surface area contributed by atoms with Crippen molar-refractivity contribution in [3.05, 3.63) is 34.9 Å². The molecule has 2 rings (SSSR count). The first kappa shape index (κ1) is 13.4. The van der Waals surface area contributed by atoms with Crippen LogP contribution >= 0.6 is 11.6 Å². The van der Waals surface area contributed by atoms with Crippen LogP contribution in [0, 0.1) is 0 Å². The summed E-state index contributed by atoms with van der Waals surface area (Å²) in [5, 5.41) is 3.72. The Kier molecular flexibility index (Phi) is 4.28. The van der Waals surface area contributed by atoms with Crippen molar-refractivity contribution in [2.75, 3.05) is 6.54 Å². The molecule has 0 heterocycles. The maximum atomic E-state index is 12.5. The number of halogens is 1. The van der Waals surface area contributed by atoms with E-state index in [1.165, 1.54) is 6.42 Å². The molecule has 1 aromatic rings. The molecule has 0 spiro atoms. The second kappa shape index (κ2) is 5.75. The first-order valence-corrected chi connectivity index (χ1v) is 7.11. The summed E-state index contributed by atoms with van der Waals surface area (Å²) in [6, 6.07) is 7.77. The molecule has 0 aliphatic heterocycles. The second-order valence-electron chi connectivity index (χ2n) is 5.01. The molecule has 0 saturated heterocycles. The van der Waals surface area contributed by atoms with Gasteiger partial charge >= 0.3 is 0 Å². The molecule has 0 atom stereocenters. The third kappa shape index (κ3) is 2.54. The lowest BCUT2D eigenvalue weighted by Gasteiger charge is -2.36. The molecule has 1 aliphatic rings. The van der Waals surface area contributed by atoms with Gasteiger partial charge in [-0.2, -0.15) is 0 Å². The number of carbonyl (C=O) groups excluding carboxylic acids is 1. The molecule has 0 bridgehead atoms. The van der Waals surface area contributed by atoms with E-state index in [0.717, 1.165) is 36.3 Å². The average molecular weight is 266 g/mol. The zero-order valence-electron chi connectivity index (χ0n) is 10.8. The fourth-order valence-electron chi connectivity index (χ4n) is 2.90. The van der Waals surface area contributed by atoms with Crippen LogP contribution in [0.3, 0.4) is 0 Å². The van der Waals surface area contributed by atoms with E-state index in [0.29, 0.717) is 6.54 Å². The number of benzene rings is 1. The van der Waals surface area contributed by atoms with Gasteiger partial charge in [-0.15, -0.1) is 0 Å². The quantitative estimate of drug-likeness (QED) is 0.888. The Bertz CT molecular complexity index is 407. The zero-order valence-corrected chi connectivity index (χ0v) is 11.6. The Labute approximate surface area is 114 Å². The van der Waals surface area contributed by atoms with Crippen molar-refractivity contribution in [1.82, 2.24) is 5.32 Å². The molecule has 0 aromatic heterocycles. The van der Waals surface area contributed by atoms with Crippen molar-refractivity contribution >= 4 is 17.5 Å². The molecular weight excluding hydrogens is 246 g/mol. The molecule has 18 heavy (non-hydrogen) atoms. The largest absolute Gasteiger partial charge is 0.356 e. The number of hydrogen-bond acceptors (Lipinski definition) is 1. The molecule has 98 valence electrons. The van der Waals surface area contributed by atoms with Gasteiger partial charge in [-0.1, -0.05) is 43.0 Å². The summed E-state index contributed by atoms with van der Waals surface area (Å²) in [5.74, 6) is 0.173. The molecule has 1 amide bonds. The monoisotopic (exact) mass is 265 g/mol. The van der Waals surface area contributed by atoms with Crippen LogP contribution in [-0.4, -0.2) is 12.5 Å². The maximum Gasteiger partial charge on any atom is 0.230 e. The maximum absolute atomic E-state index is 12.5. The Morgan fingerprint density at radius 3 is 2.39 bits per heavy atom. The van der Waals surface area contributed by atoms with E-state index in [1.807, 2.05) is 31.2 Å². The lowest BCUT2D eigenvalue weighted by atomic mass is 9.68. The molecule has 3 heteroatoms. The van der Waals surface area contributed by atoms with Crippen LogP contribution in [0.1, 0.15) is 44.6 Å². The van der Waals surface area contributed by atoms with Crippen molar-refractivity contribution in [3.8, 4) is 0 Å². The van der Waals surface area contributed by atoms with Gasteiger partial charge in [-0.3, -0.25) is 4.79 Å². The lowest BCUT2D eigenvalue weighted by Crippen LogP contribution is -2.45. The number of rotatable bonds is 3. The van der Waals surface area contributed by atoms with Gasteiger partial charge in [0.1, 0.15) is 0 Å². The van der Waals surface area contributed by atoms with Crippen molar-refractivity contribution in [2.24, 2.45) is 0 Å². The highest BCUT2D eigenvalue weighted by molar-refractivity contribution is 6.30. The molecule has 1 aromatic carbocycles. The number of carbonyl (C=O) groups is 1. The fraction of sp³-hybridized carbons (Fsp3) is 0.533. The summed E-state index contributed by atoms with van der Waals surface area (Å²) < 4.78 is 0. The van der Waals surface area contributed by atoms with E-state index in [2.05, 4.69) is 5.32 Å². The van der Waals surface area contributed by atoms with Gasteiger partial charge in [0, 0.05) is 11.6 Å². The van der Waals surface area contributed by atoms with Gasteiger partial charge in [-0.05, 0) is 37.5 Å². The highest BCUT2D eigenvalue weighted by Gasteiger charge is 2.40. The predicted octanol–water partition coefficient (Wildman–Crippen LogP) is 3.68. The van der Waals surface area contributed by atoms with Crippen molar-refractivity contribution in [1.29, 1.82) is 0 Å². The fourth-order valence-corrected chi connectivity index (χ4v) is 3.03. The van der Waals surface area contributed by atoms with E-state index >= 15 is 0 Å². The van der Waals surface area contributed by atoms with Crippen LogP contribution in [0.25, 0.3) is 0 Å². The minimum Gasteiger partial charge on any atom is -0.356 e. The van der Waals surface area contributed by atoms with Gasteiger partial charge in [0.05, 0.1) is 5.41 Å². The third-order valence-electron chi connectivity index (χ3n) is 3.88. The van der Waals surface area contributed by atoms with E-state index in [9.17, 15) is 4.79 Å². The second-order valence-corrected chi connectivity index (χ2v) is 5.45. The number of amides is 1. The van der Waals surface area contributed by atoms with E-state index in [1.54, 1.807) is 0 Å². The highest BCUT2D eigenvalue weighted by Crippen LogP contribution is 2.40. The molecule has 1 fully saturated rings. The van der Waals surface area contributed by atoms with Gasteiger partial charge in [0.25, 0.3) is 0 Å². The van der Waals surface area contributed by atoms with E-state index in [4.69, 9.17) is 11.6 Å². The molecule has 2 nitrogen and oxygen atoms in total. The van der Waals surface area contributed by atoms with E-state index in [-0.39, 0.29) is 11.3 Å². The summed E-state index contributed by atoms with van der Waals surface area (Å²) in [4.78, 5) is 12.5. The molecular formula is C15H20ClNO. The van der Waals surface area contributed by atoms with Crippen molar-refractivity contribution in [3.63, 3.8) is 0 Å². The van der Waals surface area contributed by atoms with Crippen molar-refractivity contribution in [2.45, 2.75) is 44.4 Å². The Morgan fingerprint density at radius 1 is 1.22 bits per heavy atom. The molecule has 1 aliphatic carbocycles. The minimum absolute atomic E-state index is 0.173. The molecule has 1 N–H and O–H groups in total.